The molecule has 0 fully saturated rings. The van der Waals surface area contributed by atoms with E-state index < -0.39 is 5.60 Å². The third-order valence-electron chi connectivity index (χ3n) is 1.84. The SMILES string of the molecule is Cc1ccc(NCC(C)(C)O)c(Br)c1. The fraction of sp³-hybridized carbons (Fsp3) is 0.455. The Morgan fingerprint density at radius 3 is 2.57 bits per heavy atom. The maximum Gasteiger partial charge on any atom is 0.0763 e. The van der Waals surface area contributed by atoms with Crippen molar-refractivity contribution in [2.45, 2.75) is 26.4 Å². The fourth-order valence-corrected chi connectivity index (χ4v) is 1.71. The van der Waals surface area contributed by atoms with E-state index in [0.717, 1.165) is 10.2 Å². The Hall–Kier alpha value is -0.540. The summed E-state index contributed by atoms with van der Waals surface area (Å²) in [5.41, 5.74) is 1.54. The number of aliphatic hydroxyl groups is 1. The predicted octanol–water partition coefficient (Wildman–Crippen LogP) is 2.94. The van der Waals surface area contributed by atoms with Crippen molar-refractivity contribution in [2.24, 2.45) is 0 Å². The molecule has 1 aromatic carbocycles. The normalized spacial score (nSPS) is 11.5. The topological polar surface area (TPSA) is 32.3 Å². The molecule has 0 unspecified atom stereocenters. The molecule has 0 bridgehead atoms. The van der Waals surface area contributed by atoms with Crippen LogP contribution in [0.2, 0.25) is 0 Å². The third-order valence-corrected chi connectivity index (χ3v) is 2.49. The van der Waals surface area contributed by atoms with Crippen LogP contribution in [-0.4, -0.2) is 17.3 Å². The zero-order valence-corrected chi connectivity index (χ0v) is 10.4. The van der Waals surface area contributed by atoms with E-state index in [9.17, 15) is 5.11 Å². The summed E-state index contributed by atoms with van der Waals surface area (Å²) in [6.45, 7) is 6.14. The molecular formula is C11H16BrNO. The Morgan fingerprint density at radius 2 is 2.07 bits per heavy atom. The minimum absolute atomic E-state index is 0.536. The molecule has 0 aromatic heterocycles. The van der Waals surface area contributed by atoms with E-state index in [1.54, 1.807) is 13.8 Å². The van der Waals surface area contributed by atoms with Crippen molar-refractivity contribution in [1.82, 2.24) is 0 Å². The molecule has 2 nitrogen and oxygen atoms in total. The van der Waals surface area contributed by atoms with E-state index in [0.29, 0.717) is 6.54 Å². The van der Waals surface area contributed by atoms with Gasteiger partial charge in [-0.3, -0.25) is 0 Å². The third kappa shape index (κ3) is 3.68. The summed E-state index contributed by atoms with van der Waals surface area (Å²) in [6.07, 6.45) is 0. The van der Waals surface area contributed by atoms with Gasteiger partial charge < -0.3 is 10.4 Å². The Labute approximate surface area is 93.5 Å². The second-order valence-corrected chi connectivity index (χ2v) is 5.00. The van der Waals surface area contributed by atoms with Crippen molar-refractivity contribution >= 4 is 21.6 Å². The molecule has 1 aromatic rings. The molecule has 0 aliphatic heterocycles. The molecule has 0 saturated heterocycles. The van der Waals surface area contributed by atoms with Crippen LogP contribution in [0.3, 0.4) is 0 Å². The van der Waals surface area contributed by atoms with Gasteiger partial charge in [0.1, 0.15) is 0 Å². The van der Waals surface area contributed by atoms with Crippen molar-refractivity contribution in [3.05, 3.63) is 28.2 Å². The van der Waals surface area contributed by atoms with E-state index in [1.165, 1.54) is 5.56 Å². The van der Waals surface area contributed by atoms with Gasteiger partial charge in [0, 0.05) is 16.7 Å². The van der Waals surface area contributed by atoms with E-state index >= 15 is 0 Å². The number of rotatable bonds is 3. The lowest BCUT2D eigenvalue weighted by atomic mass is 10.1. The van der Waals surface area contributed by atoms with Gasteiger partial charge in [0.25, 0.3) is 0 Å². The zero-order valence-electron chi connectivity index (χ0n) is 8.76. The molecule has 0 radical (unpaired) electrons. The van der Waals surface area contributed by atoms with Gasteiger partial charge >= 0.3 is 0 Å². The average Bonchev–Trinajstić information content (AvgIpc) is 2.00. The van der Waals surface area contributed by atoms with E-state index in [1.807, 2.05) is 25.1 Å². The molecular weight excluding hydrogens is 242 g/mol. The van der Waals surface area contributed by atoms with Crippen LogP contribution in [0.15, 0.2) is 22.7 Å². The zero-order chi connectivity index (χ0) is 10.8. The van der Waals surface area contributed by atoms with Crippen molar-refractivity contribution in [3.63, 3.8) is 0 Å². The highest BCUT2D eigenvalue weighted by Gasteiger charge is 2.12. The molecule has 3 heteroatoms. The smallest absolute Gasteiger partial charge is 0.0763 e. The summed E-state index contributed by atoms with van der Waals surface area (Å²) >= 11 is 3.47. The molecule has 0 spiro atoms. The minimum atomic E-state index is -0.690. The first-order valence-electron chi connectivity index (χ1n) is 4.61. The van der Waals surface area contributed by atoms with Gasteiger partial charge in [0.15, 0.2) is 0 Å². The molecule has 0 aliphatic rings. The molecule has 78 valence electrons. The van der Waals surface area contributed by atoms with E-state index in [2.05, 4.69) is 21.2 Å². The average molecular weight is 258 g/mol. The van der Waals surface area contributed by atoms with Crippen molar-refractivity contribution in [2.75, 3.05) is 11.9 Å². The summed E-state index contributed by atoms with van der Waals surface area (Å²) < 4.78 is 1.03. The molecule has 0 atom stereocenters. The quantitative estimate of drug-likeness (QED) is 0.873. The summed E-state index contributed by atoms with van der Waals surface area (Å²) in [7, 11) is 0. The highest BCUT2D eigenvalue weighted by atomic mass is 79.9. The maximum absolute atomic E-state index is 9.55. The lowest BCUT2D eigenvalue weighted by molar-refractivity contribution is 0.0945. The lowest BCUT2D eigenvalue weighted by Crippen LogP contribution is -2.29. The largest absolute Gasteiger partial charge is 0.389 e. The number of halogens is 1. The highest BCUT2D eigenvalue weighted by molar-refractivity contribution is 9.10. The van der Waals surface area contributed by atoms with E-state index in [4.69, 9.17) is 0 Å². The summed E-state index contributed by atoms with van der Waals surface area (Å²) in [4.78, 5) is 0. The summed E-state index contributed by atoms with van der Waals surface area (Å²) in [5, 5.41) is 12.7. The number of benzene rings is 1. The highest BCUT2D eigenvalue weighted by Crippen LogP contribution is 2.23. The van der Waals surface area contributed by atoms with Gasteiger partial charge in [-0.1, -0.05) is 6.07 Å². The minimum Gasteiger partial charge on any atom is -0.389 e. The Kier molecular flexibility index (Phi) is 3.56. The number of hydrogen-bond acceptors (Lipinski definition) is 2. The molecule has 0 aliphatic carbocycles. The van der Waals surface area contributed by atoms with Crippen LogP contribution in [0.25, 0.3) is 0 Å². The monoisotopic (exact) mass is 257 g/mol. The first kappa shape index (κ1) is 11.5. The summed E-state index contributed by atoms with van der Waals surface area (Å²) in [5.74, 6) is 0. The van der Waals surface area contributed by atoms with Gasteiger partial charge in [-0.15, -0.1) is 0 Å². The Balaban J connectivity index is 2.68. The number of anilines is 1. The van der Waals surface area contributed by atoms with Gasteiger partial charge in [-0.2, -0.15) is 0 Å². The second-order valence-electron chi connectivity index (χ2n) is 4.15. The van der Waals surface area contributed by atoms with Crippen LogP contribution >= 0.6 is 15.9 Å². The van der Waals surface area contributed by atoms with Gasteiger partial charge in [0.2, 0.25) is 0 Å². The number of nitrogens with one attached hydrogen (secondary N) is 1. The second kappa shape index (κ2) is 4.32. The van der Waals surface area contributed by atoms with Crippen molar-refractivity contribution in [3.8, 4) is 0 Å². The van der Waals surface area contributed by atoms with Crippen LogP contribution in [-0.2, 0) is 0 Å². The van der Waals surface area contributed by atoms with E-state index in [-0.39, 0.29) is 0 Å². The molecule has 0 saturated carbocycles. The Morgan fingerprint density at radius 1 is 1.43 bits per heavy atom. The first-order chi connectivity index (χ1) is 6.38. The molecule has 14 heavy (non-hydrogen) atoms. The maximum atomic E-state index is 9.55. The lowest BCUT2D eigenvalue weighted by Gasteiger charge is -2.19. The molecule has 0 heterocycles. The van der Waals surface area contributed by atoms with Crippen molar-refractivity contribution < 1.29 is 5.11 Å². The molecule has 1 rings (SSSR count). The summed E-state index contributed by atoms with van der Waals surface area (Å²) in [6, 6.07) is 6.09. The first-order valence-corrected chi connectivity index (χ1v) is 5.40. The van der Waals surface area contributed by atoms with Gasteiger partial charge in [-0.05, 0) is 54.4 Å². The van der Waals surface area contributed by atoms with Crippen LogP contribution in [0.4, 0.5) is 5.69 Å². The number of aryl methyl sites for hydroxylation is 1. The molecule has 0 amide bonds. The van der Waals surface area contributed by atoms with Crippen molar-refractivity contribution in [1.29, 1.82) is 0 Å². The standard InChI is InChI=1S/C11H16BrNO/c1-8-4-5-10(9(12)6-8)13-7-11(2,3)14/h4-6,13-14H,7H2,1-3H3. The number of hydrogen-bond donors (Lipinski definition) is 2. The van der Waals surface area contributed by atoms with Crippen LogP contribution < -0.4 is 5.32 Å². The van der Waals surface area contributed by atoms with Gasteiger partial charge in [-0.25, -0.2) is 0 Å². The van der Waals surface area contributed by atoms with Crippen LogP contribution in [0, 0.1) is 6.92 Å². The molecule has 2 N–H and O–H groups in total. The fourth-order valence-electron chi connectivity index (χ4n) is 1.08. The predicted molar refractivity (Wildman–Crippen MR) is 63.7 cm³/mol. The Bertz CT molecular complexity index is 318. The van der Waals surface area contributed by atoms with Gasteiger partial charge in [0.05, 0.1) is 5.60 Å². The van der Waals surface area contributed by atoms with Crippen LogP contribution in [0.1, 0.15) is 19.4 Å². The van der Waals surface area contributed by atoms with Crippen LogP contribution in [0.5, 0.6) is 0 Å².